The third kappa shape index (κ3) is 6.12. The molecule has 0 spiro atoms. The zero-order valence-corrected chi connectivity index (χ0v) is 16.5. The summed E-state index contributed by atoms with van der Waals surface area (Å²) in [6.45, 7) is 2.05. The molecular weight excluding hydrogens is 409 g/mol. The Kier molecular flexibility index (Phi) is 6.65. The van der Waals surface area contributed by atoms with Gasteiger partial charge in [-0.15, -0.1) is 0 Å². The van der Waals surface area contributed by atoms with Gasteiger partial charge in [-0.2, -0.15) is 13.2 Å². The fourth-order valence-corrected chi connectivity index (χ4v) is 2.74. The summed E-state index contributed by atoms with van der Waals surface area (Å²) in [5.41, 5.74) is 0.956. The van der Waals surface area contributed by atoms with Gasteiger partial charge in [-0.05, 0) is 66.6 Å². The summed E-state index contributed by atoms with van der Waals surface area (Å²) in [4.78, 5) is 11.1. The number of aromatic carboxylic acids is 1. The summed E-state index contributed by atoms with van der Waals surface area (Å²) in [6, 6.07) is 16.3. The van der Waals surface area contributed by atoms with Crippen molar-refractivity contribution in [1.82, 2.24) is 0 Å². The minimum absolute atomic E-state index is 0.103. The highest BCUT2D eigenvalue weighted by Crippen LogP contribution is 2.33. The zero-order chi connectivity index (χ0) is 22.4. The molecule has 0 saturated heterocycles. The molecule has 0 aliphatic heterocycles. The number of carbonyl (C=O) groups is 1. The summed E-state index contributed by atoms with van der Waals surface area (Å²) < 4.78 is 49.4. The van der Waals surface area contributed by atoms with Gasteiger partial charge in [0.05, 0.1) is 11.1 Å². The van der Waals surface area contributed by atoms with Gasteiger partial charge in [-0.3, -0.25) is 0 Å². The highest BCUT2D eigenvalue weighted by Gasteiger charge is 2.29. The van der Waals surface area contributed by atoms with Gasteiger partial charge in [0.25, 0.3) is 0 Å². The minimum Gasteiger partial charge on any atom is -0.486 e. The third-order valence-corrected chi connectivity index (χ3v) is 4.29. The molecule has 0 aliphatic carbocycles. The van der Waals surface area contributed by atoms with Crippen LogP contribution in [0.4, 0.5) is 13.2 Å². The topological polar surface area (TPSA) is 55.8 Å². The molecule has 0 saturated carbocycles. The van der Waals surface area contributed by atoms with E-state index in [0.717, 1.165) is 17.7 Å². The lowest BCUT2D eigenvalue weighted by Gasteiger charge is -2.13. The first-order valence-electron chi connectivity index (χ1n) is 9.31. The lowest BCUT2D eigenvalue weighted by Crippen LogP contribution is -2.04. The van der Waals surface area contributed by atoms with Gasteiger partial charge < -0.3 is 14.6 Å². The normalized spacial score (nSPS) is 11.5. The Morgan fingerprint density at radius 3 is 2.42 bits per heavy atom. The summed E-state index contributed by atoms with van der Waals surface area (Å²) in [6.07, 6.45) is -1.02. The average molecular weight is 428 g/mol. The Hall–Kier alpha value is -3.74. The van der Waals surface area contributed by atoms with E-state index in [1.807, 2.05) is 13.0 Å². The summed E-state index contributed by atoms with van der Waals surface area (Å²) >= 11 is 0. The molecule has 3 rings (SSSR count). The molecule has 3 aromatic rings. The Labute approximate surface area is 177 Å². The standard InChI is InChI=1S/C24H19F3O4/c1-16-7-12-21(31-20-6-2-5-18(15-20)23(28)29)22(14-16)30-13-3-4-17-8-10-19(11-9-17)24(25,26)27/h2-12,14-15H,13H2,1H3,(H,28,29)/b4-3+. The van der Waals surface area contributed by atoms with Crippen LogP contribution < -0.4 is 9.47 Å². The lowest BCUT2D eigenvalue weighted by atomic mass is 10.1. The van der Waals surface area contributed by atoms with Gasteiger partial charge >= 0.3 is 12.1 Å². The first-order chi connectivity index (χ1) is 14.7. The first kappa shape index (κ1) is 22.0. The number of aryl methyl sites for hydroxylation is 1. The molecule has 0 atom stereocenters. The molecule has 0 heterocycles. The van der Waals surface area contributed by atoms with Crippen LogP contribution in [-0.4, -0.2) is 17.7 Å². The molecule has 3 aromatic carbocycles. The molecule has 160 valence electrons. The molecule has 0 bridgehead atoms. The average Bonchev–Trinajstić information content (AvgIpc) is 2.73. The number of hydrogen-bond acceptors (Lipinski definition) is 3. The van der Waals surface area contributed by atoms with Gasteiger partial charge in [0.1, 0.15) is 12.4 Å². The Morgan fingerprint density at radius 2 is 1.74 bits per heavy atom. The van der Waals surface area contributed by atoms with Crippen LogP contribution in [0.3, 0.4) is 0 Å². The molecule has 0 radical (unpaired) electrons. The van der Waals surface area contributed by atoms with E-state index in [1.165, 1.54) is 24.3 Å². The van der Waals surface area contributed by atoms with Crippen molar-refractivity contribution in [1.29, 1.82) is 0 Å². The Morgan fingerprint density at radius 1 is 1.00 bits per heavy atom. The molecule has 4 nitrogen and oxygen atoms in total. The molecule has 0 amide bonds. The first-order valence-corrected chi connectivity index (χ1v) is 9.31. The second-order valence-electron chi connectivity index (χ2n) is 6.72. The number of carboxylic acid groups (broad SMARTS) is 1. The van der Waals surface area contributed by atoms with E-state index in [4.69, 9.17) is 14.6 Å². The van der Waals surface area contributed by atoms with Crippen LogP contribution in [0.1, 0.15) is 27.0 Å². The molecule has 0 aliphatic rings. The number of alkyl halides is 3. The van der Waals surface area contributed by atoms with Crippen molar-refractivity contribution >= 4 is 12.0 Å². The second-order valence-corrected chi connectivity index (χ2v) is 6.72. The van der Waals surface area contributed by atoms with Crippen LogP contribution in [0.25, 0.3) is 6.08 Å². The maximum absolute atomic E-state index is 12.6. The van der Waals surface area contributed by atoms with Crippen LogP contribution in [0.15, 0.2) is 72.8 Å². The predicted molar refractivity (Wildman–Crippen MR) is 111 cm³/mol. The van der Waals surface area contributed by atoms with Crippen molar-refractivity contribution in [3.05, 3.63) is 95.1 Å². The largest absolute Gasteiger partial charge is 0.486 e. The van der Waals surface area contributed by atoms with E-state index in [0.29, 0.717) is 22.8 Å². The van der Waals surface area contributed by atoms with Crippen LogP contribution in [0.5, 0.6) is 17.2 Å². The zero-order valence-electron chi connectivity index (χ0n) is 16.5. The van der Waals surface area contributed by atoms with Crippen LogP contribution in [0.2, 0.25) is 0 Å². The molecule has 0 aromatic heterocycles. The van der Waals surface area contributed by atoms with E-state index in [9.17, 15) is 18.0 Å². The smallest absolute Gasteiger partial charge is 0.416 e. The Balaban J connectivity index is 1.68. The SMILES string of the molecule is Cc1ccc(Oc2cccc(C(=O)O)c2)c(OC/C=C/c2ccc(C(F)(F)F)cc2)c1. The second kappa shape index (κ2) is 9.38. The van der Waals surface area contributed by atoms with Crippen molar-refractivity contribution in [2.24, 2.45) is 0 Å². The highest BCUT2D eigenvalue weighted by molar-refractivity contribution is 5.88. The van der Waals surface area contributed by atoms with Crippen molar-refractivity contribution in [3.63, 3.8) is 0 Å². The molecule has 0 unspecified atom stereocenters. The Bertz CT molecular complexity index is 1090. The maximum atomic E-state index is 12.6. The fraction of sp³-hybridized carbons (Fsp3) is 0.125. The molecular formula is C24H19F3O4. The van der Waals surface area contributed by atoms with Gasteiger partial charge in [0, 0.05) is 0 Å². The number of carboxylic acids is 1. The van der Waals surface area contributed by atoms with Gasteiger partial charge in [0.2, 0.25) is 0 Å². The number of halogens is 3. The van der Waals surface area contributed by atoms with Crippen molar-refractivity contribution < 1.29 is 32.5 Å². The van der Waals surface area contributed by atoms with Gasteiger partial charge in [-0.1, -0.05) is 30.3 Å². The molecule has 0 fully saturated rings. The van der Waals surface area contributed by atoms with Gasteiger partial charge in [0.15, 0.2) is 11.5 Å². The number of hydrogen-bond donors (Lipinski definition) is 1. The van der Waals surface area contributed by atoms with E-state index in [2.05, 4.69) is 0 Å². The van der Waals surface area contributed by atoms with Gasteiger partial charge in [-0.25, -0.2) is 4.79 Å². The van der Waals surface area contributed by atoms with E-state index in [-0.39, 0.29) is 12.2 Å². The van der Waals surface area contributed by atoms with Crippen molar-refractivity contribution in [3.8, 4) is 17.2 Å². The van der Waals surface area contributed by atoms with E-state index >= 15 is 0 Å². The number of benzene rings is 3. The van der Waals surface area contributed by atoms with E-state index < -0.39 is 17.7 Å². The predicted octanol–water partition coefficient (Wildman–Crippen LogP) is 6.60. The molecule has 1 N–H and O–H groups in total. The molecule has 31 heavy (non-hydrogen) atoms. The molecule has 7 heteroatoms. The van der Waals surface area contributed by atoms with Crippen LogP contribution in [0, 0.1) is 6.92 Å². The third-order valence-electron chi connectivity index (χ3n) is 4.29. The van der Waals surface area contributed by atoms with Crippen LogP contribution in [-0.2, 0) is 6.18 Å². The van der Waals surface area contributed by atoms with Crippen LogP contribution >= 0.6 is 0 Å². The maximum Gasteiger partial charge on any atom is 0.416 e. The summed E-state index contributed by atoms with van der Waals surface area (Å²) in [5, 5.41) is 9.11. The summed E-state index contributed by atoms with van der Waals surface area (Å²) in [7, 11) is 0. The number of ether oxygens (including phenoxy) is 2. The minimum atomic E-state index is -4.36. The van der Waals surface area contributed by atoms with Crippen molar-refractivity contribution in [2.75, 3.05) is 6.61 Å². The monoisotopic (exact) mass is 428 g/mol. The lowest BCUT2D eigenvalue weighted by molar-refractivity contribution is -0.137. The van der Waals surface area contributed by atoms with Crippen molar-refractivity contribution in [2.45, 2.75) is 13.1 Å². The fourth-order valence-electron chi connectivity index (χ4n) is 2.74. The number of rotatable bonds is 7. The summed E-state index contributed by atoms with van der Waals surface area (Å²) in [5.74, 6) is 0.169. The van der Waals surface area contributed by atoms with E-state index in [1.54, 1.807) is 36.4 Å². The quantitative estimate of drug-likeness (QED) is 0.461. The highest BCUT2D eigenvalue weighted by atomic mass is 19.4.